The Labute approximate surface area is 136 Å². The van der Waals surface area contributed by atoms with Crippen LogP contribution in [0, 0.1) is 0 Å². The number of nitrogens with one attached hydrogen (secondary N) is 1. The molecule has 114 valence electrons. The molecular weight excluding hydrogens is 296 g/mol. The van der Waals surface area contributed by atoms with Gasteiger partial charge in [-0.2, -0.15) is 0 Å². The van der Waals surface area contributed by atoms with Crippen molar-refractivity contribution in [2.45, 2.75) is 13.5 Å². The van der Waals surface area contributed by atoms with Crippen molar-refractivity contribution in [1.82, 2.24) is 10.2 Å². The third-order valence-electron chi connectivity index (χ3n) is 3.22. The molecule has 2 aromatic carbocycles. The summed E-state index contributed by atoms with van der Waals surface area (Å²) in [5.74, 6) is 0. The zero-order valence-electron chi connectivity index (χ0n) is 12.5. The van der Waals surface area contributed by atoms with E-state index < -0.39 is 0 Å². The second-order valence-electron chi connectivity index (χ2n) is 4.84. The number of benzene rings is 2. The first-order valence-electron chi connectivity index (χ1n) is 7.20. The lowest BCUT2D eigenvalue weighted by molar-refractivity contribution is 0.202. The van der Waals surface area contributed by atoms with Crippen LogP contribution in [0.15, 0.2) is 60.8 Å². The van der Waals surface area contributed by atoms with Gasteiger partial charge in [0.1, 0.15) is 0 Å². The van der Waals surface area contributed by atoms with E-state index >= 15 is 0 Å². The van der Waals surface area contributed by atoms with Crippen molar-refractivity contribution >= 4 is 23.7 Å². The van der Waals surface area contributed by atoms with E-state index in [0.29, 0.717) is 18.1 Å². The molecule has 0 aliphatic heterocycles. The van der Waals surface area contributed by atoms with Crippen molar-refractivity contribution in [2.24, 2.45) is 0 Å². The molecule has 0 heterocycles. The molecule has 0 aliphatic rings. The number of amides is 2. The van der Waals surface area contributed by atoms with Crippen LogP contribution in [0.5, 0.6) is 0 Å². The maximum atomic E-state index is 12.2. The van der Waals surface area contributed by atoms with E-state index in [1.54, 1.807) is 11.1 Å². The first-order chi connectivity index (χ1) is 10.7. The predicted octanol–water partition coefficient (Wildman–Crippen LogP) is 4.54. The number of urea groups is 1. The van der Waals surface area contributed by atoms with Crippen molar-refractivity contribution < 1.29 is 4.79 Å². The van der Waals surface area contributed by atoms with Crippen LogP contribution < -0.4 is 5.32 Å². The normalized spacial score (nSPS) is 10.6. The van der Waals surface area contributed by atoms with E-state index in [2.05, 4.69) is 5.32 Å². The van der Waals surface area contributed by atoms with Crippen LogP contribution in [0.25, 0.3) is 6.08 Å². The average molecular weight is 315 g/mol. The van der Waals surface area contributed by atoms with E-state index in [9.17, 15) is 4.79 Å². The Morgan fingerprint density at radius 2 is 1.95 bits per heavy atom. The topological polar surface area (TPSA) is 32.3 Å². The van der Waals surface area contributed by atoms with Gasteiger partial charge in [-0.1, -0.05) is 54.1 Å². The molecule has 0 fully saturated rings. The molecule has 3 nitrogen and oxygen atoms in total. The fourth-order valence-corrected chi connectivity index (χ4v) is 2.24. The van der Waals surface area contributed by atoms with Gasteiger partial charge in [0.05, 0.1) is 0 Å². The molecule has 0 aliphatic carbocycles. The van der Waals surface area contributed by atoms with E-state index in [1.807, 2.05) is 67.6 Å². The van der Waals surface area contributed by atoms with E-state index in [0.717, 1.165) is 11.1 Å². The Balaban J connectivity index is 1.92. The van der Waals surface area contributed by atoms with Gasteiger partial charge >= 0.3 is 6.03 Å². The van der Waals surface area contributed by atoms with Gasteiger partial charge in [-0.25, -0.2) is 4.79 Å². The van der Waals surface area contributed by atoms with Crippen LogP contribution >= 0.6 is 11.6 Å². The molecule has 2 aromatic rings. The maximum absolute atomic E-state index is 12.2. The molecule has 2 amide bonds. The first kappa shape index (κ1) is 16.1. The van der Waals surface area contributed by atoms with Crippen molar-refractivity contribution in [3.8, 4) is 0 Å². The molecule has 0 bridgehead atoms. The van der Waals surface area contributed by atoms with Crippen molar-refractivity contribution in [1.29, 1.82) is 0 Å². The highest BCUT2D eigenvalue weighted by Crippen LogP contribution is 2.11. The molecule has 0 aromatic heterocycles. The summed E-state index contributed by atoms with van der Waals surface area (Å²) in [5, 5.41) is 3.46. The van der Waals surface area contributed by atoms with Gasteiger partial charge in [-0.15, -0.1) is 0 Å². The Bertz CT molecular complexity index is 641. The maximum Gasteiger partial charge on any atom is 0.321 e. The monoisotopic (exact) mass is 314 g/mol. The number of carbonyl (C=O) groups is 1. The molecule has 1 N–H and O–H groups in total. The highest BCUT2D eigenvalue weighted by molar-refractivity contribution is 6.30. The zero-order valence-corrected chi connectivity index (χ0v) is 13.3. The number of halogens is 1. The molecule has 2 rings (SSSR count). The van der Waals surface area contributed by atoms with Crippen LogP contribution in [0.4, 0.5) is 4.79 Å². The molecule has 4 heteroatoms. The fourth-order valence-electron chi connectivity index (χ4n) is 2.04. The summed E-state index contributed by atoms with van der Waals surface area (Å²) in [6, 6.07) is 17.3. The lowest BCUT2D eigenvalue weighted by Crippen LogP contribution is -2.36. The molecule has 0 radical (unpaired) electrons. The largest absolute Gasteiger partial charge is 0.321 e. The molecule has 0 saturated carbocycles. The highest BCUT2D eigenvalue weighted by Gasteiger charge is 2.09. The van der Waals surface area contributed by atoms with Gasteiger partial charge in [0.15, 0.2) is 0 Å². The zero-order chi connectivity index (χ0) is 15.8. The summed E-state index contributed by atoms with van der Waals surface area (Å²) < 4.78 is 0. The SMILES string of the molecule is CCN(Cc1ccccc1)C(=O)N/C=C/c1cccc(Cl)c1. The smallest absolute Gasteiger partial charge is 0.321 e. The summed E-state index contributed by atoms with van der Waals surface area (Å²) in [4.78, 5) is 13.9. The minimum absolute atomic E-state index is 0.121. The fraction of sp³-hybridized carbons (Fsp3) is 0.167. The third kappa shape index (κ3) is 4.93. The number of hydrogen-bond donors (Lipinski definition) is 1. The second-order valence-corrected chi connectivity index (χ2v) is 5.27. The Morgan fingerprint density at radius 3 is 2.64 bits per heavy atom. The molecular formula is C18H19ClN2O. The summed E-state index contributed by atoms with van der Waals surface area (Å²) in [6.45, 7) is 3.20. The van der Waals surface area contributed by atoms with Gasteiger partial charge in [-0.05, 0) is 36.3 Å². The van der Waals surface area contributed by atoms with Crippen LogP contribution in [0.3, 0.4) is 0 Å². The molecule has 0 saturated heterocycles. The van der Waals surface area contributed by atoms with Gasteiger partial charge in [-0.3, -0.25) is 0 Å². The number of rotatable bonds is 5. The minimum atomic E-state index is -0.121. The summed E-state index contributed by atoms with van der Waals surface area (Å²) in [5.41, 5.74) is 2.05. The van der Waals surface area contributed by atoms with Gasteiger partial charge in [0, 0.05) is 24.3 Å². The molecule has 0 spiro atoms. The molecule has 0 atom stereocenters. The van der Waals surface area contributed by atoms with Crippen molar-refractivity contribution in [3.05, 3.63) is 76.9 Å². The van der Waals surface area contributed by atoms with E-state index in [-0.39, 0.29) is 6.03 Å². The number of carbonyl (C=O) groups excluding carboxylic acids is 1. The number of nitrogens with zero attached hydrogens (tertiary/aromatic N) is 1. The Kier molecular flexibility index (Phi) is 6.04. The number of hydrogen-bond acceptors (Lipinski definition) is 1. The highest BCUT2D eigenvalue weighted by atomic mass is 35.5. The standard InChI is InChI=1S/C18H19ClN2O/c1-2-21(14-16-7-4-3-5-8-16)18(22)20-12-11-15-9-6-10-17(19)13-15/h3-13H,2,14H2,1H3,(H,20,22)/b12-11+. The summed E-state index contributed by atoms with van der Waals surface area (Å²) >= 11 is 5.92. The average Bonchev–Trinajstić information content (AvgIpc) is 2.53. The van der Waals surface area contributed by atoms with Crippen LogP contribution in [-0.2, 0) is 6.54 Å². The Morgan fingerprint density at radius 1 is 1.18 bits per heavy atom. The third-order valence-corrected chi connectivity index (χ3v) is 3.45. The van der Waals surface area contributed by atoms with Gasteiger partial charge < -0.3 is 10.2 Å². The van der Waals surface area contributed by atoms with Crippen LogP contribution in [0.2, 0.25) is 5.02 Å². The summed E-state index contributed by atoms with van der Waals surface area (Å²) in [7, 11) is 0. The van der Waals surface area contributed by atoms with Gasteiger partial charge in [0.25, 0.3) is 0 Å². The Hall–Kier alpha value is -2.26. The summed E-state index contributed by atoms with van der Waals surface area (Å²) in [6.07, 6.45) is 3.46. The minimum Gasteiger partial charge on any atom is -0.321 e. The van der Waals surface area contributed by atoms with Crippen molar-refractivity contribution in [2.75, 3.05) is 6.54 Å². The van der Waals surface area contributed by atoms with Crippen LogP contribution in [-0.4, -0.2) is 17.5 Å². The predicted molar refractivity (Wildman–Crippen MR) is 91.5 cm³/mol. The quantitative estimate of drug-likeness (QED) is 0.863. The lowest BCUT2D eigenvalue weighted by Gasteiger charge is -2.20. The van der Waals surface area contributed by atoms with Gasteiger partial charge in [0.2, 0.25) is 0 Å². The first-order valence-corrected chi connectivity index (χ1v) is 7.58. The van der Waals surface area contributed by atoms with Crippen molar-refractivity contribution in [3.63, 3.8) is 0 Å². The van der Waals surface area contributed by atoms with Crippen LogP contribution in [0.1, 0.15) is 18.1 Å². The lowest BCUT2D eigenvalue weighted by atomic mass is 10.2. The van der Waals surface area contributed by atoms with E-state index in [4.69, 9.17) is 11.6 Å². The second kappa shape index (κ2) is 8.25. The van der Waals surface area contributed by atoms with E-state index in [1.165, 1.54) is 0 Å². The molecule has 0 unspecified atom stereocenters. The molecule has 22 heavy (non-hydrogen) atoms.